The number of amides is 1. The first kappa shape index (κ1) is 25.8. The Balaban J connectivity index is 1.29. The van der Waals surface area contributed by atoms with E-state index in [0.717, 1.165) is 39.5 Å². The molecule has 1 aliphatic rings. The number of aromatic nitrogens is 2. The zero-order valence-electron chi connectivity index (χ0n) is 22.5. The van der Waals surface area contributed by atoms with Crippen LogP contribution in [0.1, 0.15) is 23.0 Å². The Kier molecular flexibility index (Phi) is 7.29. The van der Waals surface area contributed by atoms with Crippen molar-refractivity contribution in [2.75, 3.05) is 32.8 Å². The van der Waals surface area contributed by atoms with Crippen LogP contribution in [0.2, 0.25) is 0 Å². The molecule has 1 aliphatic heterocycles. The van der Waals surface area contributed by atoms with Crippen LogP contribution < -0.4 is 4.74 Å². The second kappa shape index (κ2) is 11.3. The lowest BCUT2D eigenvalue weighted by molar-refractivity contribution is 0.0622. The van der Waals surface area contributed by atoms with Gasteiger partial charge in [0, 0.05) is 44.5 Å². The number of halogens is 1. The SMILES string of the molecule is CCOc1cccc(-c2ccc3nc(-c4ccccc4)c(CN4CCN(C(=O)c5ccccc5F)CC4)n3c2)c1. The number of carbonyl (C=O) groups excluding carboxylic acids is 1. The number of fused-ring (bicyclic) bond motifs is 1. The van der Waals surface area contributed by atoms with Gasteiger partial charge in [-0.15, -0.1) is 0 Å². The topological polar surface area (TPSA) is 50.1 Å². The lowest BCUT2D eigenvalue weighted by Gasteiger charge is -2.34. The van der Waals surface area contributed by atoms with Crippen LogP contribution in [-0.4, -0.2) is 57.9 Å². The second-order valence-electron chi connectivity index (χ2n) is 9.93. The summed E-state index contributed by atoms with van der Waals surface area (Å²) in [6, 6.07) is 28.7. The fourth-order valence-electron chi connectivity index (χ4n) is 5.30. The third-order valence-corrected chi connectivity index (χ3v) is 7.38. The maximum atomic E-state index is 14.2. The molecule has 0 saturated carbocycles. The van der Waals surface area contributed by atoms with Gasteiger partial charge in [-0.1, -0.05) is 54.6 Å². The molecule has 1 saturated heterocycles. The Morgan fingerprint density at radius 3 is 2.38 bits per heavy atom. The fourth-order valence-corrected chi connectivity index (χ4v) is 5.30. The molecule has 0 radical (unpaired) electrons. The number of ether oxygens (including phenoxy) is 1. The number of hydrogen-bond donors (Lipinski definition) is 0. The summed E-state index contributed by atoms with van der Waals surface area (Å²) in [7, 11) is 0. The summed E-state index contributed by atoms with van der Waals surface area (Å²) in [5.41, 5.74) is 6.27. The molecule has 7 heteroatoms. The van der Waals surface area contributed by atoms with Crippen molar-refractivity contribution in [1.29, 1.82) is 0 Å². The molecule has 1 amide bonds. The van der Waals surface area contributed by atoms with E-state index >= 15 is 0 Å². The number of pyridine rings is 1. The van der Waals surface area contributed by atoms with E-state index in [1.807, 2.05) is 37.3 Å². The van der Waals surface area contributed by atoms with Gasteiger partial charge in [-0.25, -0.2) is 9.37 Å². The van der Waals surface area contributed by atoms with Crippen molar-refractivity contribution in [2.45, 2.75) is 13.5 Å². The van der Waals surface area contributed by atoms with Gasteiger partial charge in [0.2, 0.25) is 0 Å². The van der Waals surface area contributed by atoms with Crippen LogP contribution in [0.15, 0.2) is 97.2 Å². The van der Waals surface area contributed by atoms with Crippen LogP contribution in [-0.2, 0) is 6.54 Å². The number of rotatable bonds is 7. The Morgan fingerprint density at radius 2 is 1.60 bits per heavy atom. The standard InChI is InChI=1S/C33H31FN4O2/c1-2-40-27-12-8-11-25(21-27)26-15-16-31-35-32(24-9-4-3-5-10-24)30(38(31)22-26)23-36-17-19-37(20-18-36)33(39)28-13-6-7-14-29(28)34/h3-16,21-22H,2,17-20,23H2,1H3. The summed E-state index contributed by atoms with van der Waals surface area (Å²) in [5.74, 6) is 0.117. The van der Waals surface area contributed by atoms with Gasteiger partial charge in [0.15, 0.2) is 0 Å². The van der Waals surface area contributed by atoms with Crippen LogP contribution in [0.3, 0.4) is 0 Å². The van der Waals surface area contributed by atoms with Crippen molar-refractivity contribution in [3.63, 3.8) is 0 Å². The minimum Gasteiger partial charge on any atom is -0.494 e. The van der Waals surface area contributed by atoms with Crippen LogP contribution >= 0.6 is 0 Å². The van der Waals surface area contributed by atoms with Gasteiger partial charge in [-0.05, 0) is 54.4 Å². The Bertz CT molecular complexity index is 1640. The van der Waals surface area contributed by atoms with Gasteiger partial charge in [0.05, 0.1) is 23.6 Å². The van der Waals surface area contributed by atoms with Gasteiger partial charge < -0.3 is 14.0 Å². The van der Waals surface area contributed by atoms with E-state index in [1.54, 1.807) is 23.1 Å². The molecule has 2 aromatic heterocycles. The van der Waals surface area contributed by atoms with Crippen LogP contribution in [0.4, 0.5) is 4.39 Å². The van der Waals surface area contributed by atoms with Crippen molar-refractivity contribution in [3.05, 3.63) is 114 Å². The lowest BCUT2D eigenvalue weighted by Crippen LogP contribution is -2.48. The number of nitrogens with zero attached hydrogens (tertiary/aromatic N) is 4. The summed E-state index contributed by atoms with van der Waals surface area (Å²) in [6.45, 7) is 5.75. The van der Waals surface area contributed by atoms with E-state index in [9.17, 15) is 9.18 Å². The first-order valence-electron chi connectivity index (χ1n) is 13.7. The second-order valence-corrected chi connectivity index (χ2v) is 9.93. The van der Waals surface area contributed by atoms with Crippen LogP contribution in [0, 0.1) is 5.82 Å². The quantitative estimate of drug-likeness (QED) is 0.251. The summed E-state index contributed by atoms with van der Waals surface area (Å²) in [4.78, 5) is 22.0. The highest BCUT2D eigenvalue weighted by molar-refractivity contribution is 5.94. The van der Waals surface area contributed by atoms with Crippen molar-refractivity contribution in [1.82, 2.24) is 19.2 Å². The summed E-state index contributed by atoms with van der Waals surface area (Å²) in [5, 5.41) is 0. The maximum Gasteiger partial charge on any atom is 0.256 e. The normalized spacial score (nSPS) is 14.0. The smallest absolute Gasteiger partial charge is 0.256 e. The first-order chi connectivity index (χ1) is 19.6. The number of carbonyl (C=O) groups is 1. The minimum absolute atomic E-state index is 0.130. The van der Waals surface area contributed by atoms with E-state index in [4.69, 9.17) is 9.72 Å². The molecule has 3 aromatic carbocycles. The van der Waals surface area contributed by atoms with Gasteiger partial charge in [0.1, 0.15) is 17.2 Å². The Labute approximate surface area is 233 Å². The number of piperazine rings is 1. The Hall–Kier alpha value is -4.49. The fraction of sp³-hybridized carbons (Fsp3) is 0.212. The molecule has 0 unspecified atom stereocenters. The molecule has 3 heterocycles. The van der Waals surface area contributed by atoms with E-state index in [2.05, 4.69) is 51.9 Å². The summed E-state index contributed by atoms with van der Waals surface area (Å²) in [6.07, 6.45) is 2.15. The van der Waals surface area contributed by atoms with Crippen molar-refractivity contribution < 1.29 is 13.9 Å². The highest BCUT2D eigenvalue weighted by atomic mass is 19.1. The lowest BCUT2D eigenvalue weighted by atomic mass is 10.1. The highest BCUT2D eigenvalue weighted by Gasteiger charge is 2.25. The van der Waals surface area contributed by atoms with Gasteiger partial charge >= 0.3 is 0 Å². The molecule has 40 heavy (non-hydrogen) atoms. The number of hydrogen-bond acceptors (Lipinski definition) is 4. The molecule has 0 atom stereocenters. The monoisotopic (exact) mass is 534 g/mol. The molecule has 6 rings (SSSR count). The molecule has 6 nitrogen and oxygen atoms in total. The van der Waals surface area contributed by atoms with E-state index < -0.39 is 5.82 Å². The third kappa shape index (κ3) is 5.20. The minimum atomic E-state index is -0.476. The third-order valence-electron chi connectivity index (χ3n) is 7.38. The van der Waals surface area contributed by atoms with Gasteiger partial charge in [-0.2, -0.15) is 0 Å². The van der Waals surface area contributed by atoms with Gasteiger partial charge in [-0.3, -0.25) is 9.69 Å². The zero-order valence-corrected chi connectivity index (χ0v) is 22.5. The molecule has 1 fully saturated rings. The molecule has 0 aliphatic carbocycles. The van der Waals surface area contributed by atoms with Crippen LogP contribution in [0.5, 0.6) is 5.75 Å². The molecule has 0 spiro atoms. The van der Waals surface area contributed by atoms with E-state index in [0.29, 0.717) is 39.3 Å². The van der Waals surface area contributed by atoms with Crippen molar-refractivity contribution in [2.24, 2.45) is 0 Å². The van der Waals surface area contributed by atoms with Crippen molar-refractivity contribution in [3.8, 4) is 28.1 Å². The molecular formula is C33H31FN4O2. The molecule has 202 valence electrons. The molecule has 0 bridgehead atoms. The number of benzene rings is 3. The highest BCUT2D eigenvalue weighted by Crippen LogP contribution is 2.30. The number of imidazole rings is 1. The van der Waals surface area contributed by atoms with E-state index in [-0.39, 0.29) is 11.5 Å². The average molecular weight is 535 g/mol. The zero-order chi connectivity index (χ0) is 27.5. The summed E-state index contributed by atoms with van der Waals surface area (Å²) >= 11 is 0. The molecular weight excluding hydrogens is 503 g/mol. The first-order valence-corrected chi connectivity index (χ1v) is 13.7. The van der Waals surface area contributed by atoms with Crippen molar-refractivity contribution >= 4 is 11.6 Å². The predicted molar refractivity (Wildman–Crippen MR) is 155 cm³/mol. The largest absolute Gasteiger partial charge is 0.494 e. The van der Waals surface area contributed by atoms with E-state index in [1.165, 1.54) is 6.07 Å². The molecule has 5 aromatic rings. The van der Waals surface area contributed by atoms with Gasteiger partial charge in [0.25, 0.3) is 5.91 Å². The Morgan fingerprint density at radius 1 is 0.850 bits per heavy atom. The summed E-state index contributed by atoms with van der Waals surface area (Å²) < 4.78 is 22.1. The maximum absolute atomic E-state index is 14.2. The average Bonchev–Trinajstić information content (AvgIpc) is 3.35. The van der Waals surface area contributed by atoms with Crippen LogP contribution in [0.25, 0.3) is 28.0 Å². The predicted octanol–water partition coefficient (Wildman–Crippen LogP) is 6.16. The molecule has 0 N–H and O–H groups in total.